The second-order valence-electron chi connectivity index (χ2n) is 3.99. The Morgan fingerprint density at radius 3 is 3.06 bits per heavy atom. The minimum atomic E-state index is 0.589. The van der Waals surface area contributed by atoms with Gasteiger partial charge in [0.15, 0.2) is 10.4 Å². The minimum absolute atomic E-state index is 0.589. The fourth-order valence-electron chi connectivity index (χ4n) is 1.88. The van der Waals surface area contributed by atoms with E-state index in [0.717, 1.165) is 16.9 Å². The Hall–Kier alpha value is -1.66. The molecule has 1 N–H and O–H groups in total. The van der Waals surface area contributed by atoms with Gasteiger partial charge in [-0.15, -0.1) is 0 Å². The van der Waals surface area contributed by atoms with Gasteiger partial charge in [0, 0.05) is 19.4 Å². The summed E-state index contributed by atoms with van der Waals surface area (Å²) in [5, 5.41) is 4.73. The molecule has 0 spiro atoms. The third kappa shape index (κ3) is 1.83. The zero-order valence-electron chi connectivity index (χ0n) is 9.59. The summed E-state index contributed by atoms with van der Waals surface area (Å²) in [6.45, 7) is 0.629. The number of hydrogen-bond acceptors (Lipinski definition) is 3. The number of halogens is 1. The highest BCUT2D eigenvalue weighted by Gasteiger charge is 2.08. The Labute approximate surface area is 113 Å². The summed E-state index contributed by atoms with van der Waals surface area (Å²) in [6.07, 6.45) is 3.38. The van der Waals surface area contributed by atoms with Crippen molar-refractivity contribution in [1.29, 1.82) is 0 Å². The van der Waals surface area contributed by atoms with Crippen LogP contribution in [-0.4, -0.2) is 24.3 Å². The third-order valence-corrected chi connectivity index (χ3v) is 3.35. The molecule has 0 aliphatic rings. The number of fused-ring (bicyclic) bond motifs is 1. The summed E-state index contributed by atoms with van der Waals surface area (Å²) in [6, 6.07) is 3.77. The molecule has 0 radical (unpaired) electrons. The van der Waals surface area contributed by atoms with Crippen molar-refractivity contribution in [3.05, 3.63) is 40.0 Å². The van der Waals surface area contributed by atoms with Crippen molar-refractivity contribution in [2.45, 2.75) is 6.54 Å². The summed E-state index contributed by atoms with van der Waals surface area (Å²) < 4.78 is 4.37. The van der Waals surface area contributed by atoms with Crippen LogP contribution in [-0.2, 0) is 13.6 Å². The molecule has 3 rings (SSSR count). The molecule has 0 saturated heterocycles. The van der Waals surface area contributed by atoms with Crippen LogP contribution in [0.25, 0.3) is 11.2 Å². The lowest BCUT2D eigenvalue weighted by molar-refractivity contribution is 0.668. The smallest absolute Gasteiger partial charge is 0.179 e. The Morgan fingerprint density at radius 1 is 1.50 bits per heavy atom. The first kappa shape index (κ1) is 11.4. The number of pyridine rings is 1. The summed E-state index contributed by atoms with van der Waals surface area (Å²) >= 11 is 11.2. The second kappa shape index (κ2) is 4.22. The molecule has 0 unspecified atom stereocenters. The molecule has 0 fully saturated rings. The number of rotatable bonds is 2. The van der Waals surface area contributed by atoms with Crippen LogP contribution in [0, 0.1) is 4.77 Å². The largest absolute Gasteiger partial charge is 0.329 e. The summed E-state index contributed by atoms with van der Waals surface area (Å²) in [5.74, 6) is 0. The fraction of sp³-hybridized carbons (Fsp3) is 0.182. The van der Waals surface area contributed by atoms with E-state index in [2.05, 4.69) is 15.1 Å². The van der Waals surface area contributed by atoms with E-state index < -0.39 is 0 Å². The number of imidazole rings is 1. The fourth-order valence-corrected chi connectivity index (χ4v) is 2.30. The van der Waals surface area contributed by atoms with Crippen LogP contribution in [0.4, 0.5) is 0 Å². The maximum atomic E-state index is 5.91. The first-order valence-corrected chi connectivity index (χ1v) is 6.15. The van der Waals surface area contributed by atoms with Crippen molar-refractivity contribution in [2.24, 2.45) is 7.05 Å². The zero-order valence-corrected chi connectivity index (χ0v) is 11.2. The lowest BCUT2D eigenvalue weighted by Crippen LogP contribution is -2.06. The highest BCUT2D eigenvalue weighted by atomic mass is 35.5. The van der Waals surface area contributed by atoms with Gasteiger partial charge in [-0.3, -0.25) is 9.25 Å². The molecule has 0 aliphatic carbocycles. The van der Waals surface area contributed by atoms with Crippen molar-refractivity contribution in [3.8, 4) is 0 Å². The van der Waals surface area contributed by atoms with Crippen LogP contribution in [0.2, 0.25) is 5.02 Å². The van der Waals surface area contributed by atoms with Gasteiger partial charge in [0.1, 0.15) is 0 Å². The maximum absolute atomic E-state index is 5.91. The van der Waals surface area contributed by atoms with Crippen molar-refractivity contribution in [2.75, 3.05) is 0 Å². The van der Waals surface area contributed by atoms with E-state index in [1.165, 1.54) is 0 Å². The van der Waals surface area contributed by atoms with E-state index in [-0.39, 0.29) is 0 Å². The Balaban J connectivity index is 2.15. The summed E-state index contributed by atoms with van der Waals surface area (Å²) in [5.41, 5.74) is 2.70. The first-order valence-electron chi connectivity index (χ1n) is 5.36. The summed E-state index contributed by atoms with van der Waals surface area (Å²) in [7, 11) is 1.90. The zero-order chi connectivity index (χ0) is 12.7. The maximum Gasteiger partial charge on any atom is 0.179 e. The van der Waals surface area contributed by atoms with Gasteiger partial charge in [-0.05, 0) is 24.4 Å². The highest BCUT2D eigenvalue weighted by Crippen LogP contribution is 2.17. The Bertz CT molecular complexity index is 769. The van der Waals surface area contributed by atoms with Crippen LogP contribution in [0.15, 0.2) is 24.5 Å². The monoisotopic (exact) mass is 279 g/mol. The Morgan fingerprint density at radius 2 is 2.33 bits per heavy atom. The van der Waals surface area contributed by atoms with Crippen molar-refractivity contribution < 1.29 is 0 Å². The highest BCUT2D eigenvalue weighted by molar-refractivity contribution is 7.71. The van der Waals surface area contributed by atoms with Crippen LogP contribution in [0.3, 0.4) is 0 Å². The standard InChI is InChI=1S/C11H10ClN5S/c1-16-8(2-3-14-16)6-17-10-9(15-11(17)18)4-7(12)5-13-10/h2-5H,6H2,1H3,(H,15,18). The average Bonchev–Trinajstić information content (AvgIpc) is 2.85. The molecule has 18 heavy (non-hydrogen) atoms. The lowest BCUT2D eigenvalue weighted by atomic mass is 10.4. The topological polar surface area (TPSA) is 51.4 Å². The Kier molecular flexibility index (Phi) is 2.68. The van der Waals surface area contributed by atoms with E-state index >= 15 is 0 Å². The number of aromatic nitrogens is 5. The molecule has 7 heteroatoms. The van der Waals surface area contributed by atoms with E-state index in [4.69, 9.17) is 23.8 Å². The van der Waals surface area contributed by atoms with Crippen LogP contribution in [0.1, 0.15) is 5.69 Å². The molecule has 5 nitrogen and oxygen atoms in total. The number of hydrogen-bond donors (Lipinski definition) is 1. The number of nitrogens with zero attached hydrogens (tertiary/aromatic N) is 4. The SMILES string of the molecule is Cn1nccc1Cn1c(=S)[nH]c2cc(Cl)cnc21. The van der Waals surface area contributed by atoms with Gasteiger partial charge in [0.2, 0.25) is 0 Å². The second-order valence-corrected chi connectivity index (χ2v) is 4.81. The van der Waals surface area contributed by atoms with E-state index in [1.807, 2.05) is 28.4 Å². The van der Waals surface area contributed by atoms with Crippen molar-refractivity contribution in [1.82, 2.24) is 24.3 Å². The van der Waals surface area contributed by atoms with Gasteiger partial charge in [-0.2, -0.15) is 5.10 Å². The number of nitrogens with one attached hydrogen (secondary N) is 1. The third-order valence-electron chi connectivity index (χ3n) is 2.82. The van der Waals surface area contributed by atoms with Crippen molar-refractivity contribution >= 4 is 35.0 Å². The molecule has 0 bridgehead atoms. The summed E-state index contributed by atoms with van der Waals surface area (Å²) in [4.78, 5) is 7.42. The van der Waals surface area contributed by atoms with E-state index in [0.29, 0.717) is 16.3 Å². The van der Waals surface area contributed by atoms with Gasteiger partial charge in [-0.25, -0.2) is 4.98 Å². The molecular weight excluding hydrogens is 270 g/mol. The number of aromatic amines is 1. The molecule has 92 valence electrons. The van der Waals surface area contributed by atoms with Crippen LogP contribution < -0.4 is 0 Å². The van der Waals surface area contributed by atoms with Gasteiger partial charge in [0.25, 0.3) is 0 Å². The van der Waals surface area contributed by atoms with Gasteiger partial charge >= 0.3 is 0 Å². The quantitative estimate of drug-likeness (QED) is 0.734. The predicted molar refractivity (Wildman–Crippen MR) is 72.2 cm³/mol. The molecule has 3 aromatic heterocycles. The lowest BCUT2D eigenvalue weighted by Gasteiger charge is -2.04. The van der Waals surface area contributed by atoms with E-state index in [1.54, 1.807) is 12.4 Å². The normalized spacial score (nSPS) is 11.2. The number of aryl methyl sites for hydroxylation is 1. The molecule has 0 aromatic carbocycles. The van der Waals surface area contributed by atoms with Gasteiger partial charge in [0.05, 0.1) is 22.8 Å². The molecule has 3 aromatic rings. The molecule has 0 saturated carbocycles. The molecule has 0 atom stereocenters. The molecule has 3 heterocycles. The van der Waals surface area contributed by atoms with Crippen molar-refractivity contribution in [3.63, 3.8) is 0 Å². The number of H-pyrrole nitrogens is 1. The molecular formula is C11H10ClN5S. The predicted octanol–water partition coefficient (Wildman–Crippen LogP) is 2.53. The van der Waals surface area contributed by atoms with Crippen LogP contribution >= 0.6 is 23.8 Å². The van der Waals surface area contributed by atoms with Gasteiger partial charge in [-0.1, -0.05) is 11.6 Å². The van der Waals surface area contributed by atoms with Crippen LogP contribution in [0.5, 0.6) is 0 Å². The van der Waals surface area contributed by atoms with E-state index in [9.17, 15) is 0 Å². The first-order chi connectivity index (χ1) is 8.65. The minimum Gasteiger partial charge on any atom is -0.329 e. The average molecular weight is 280 g/mol. The molecule has 0 aliphatic heterocycles. The molecule has 0 amide bonds. The van der Waals surface area contributed by atoms with Gasteiger partial charge < -0.3 is 4.98 Å².